The van der Waals surface area contributed by atoms with Crippen molar-refractivity contribution >= 4 is 23.2 Å². The molecule has 0 unspecified atom stereocenters. The molecule has 150 valence electrons. The second-order valence-electron chi connectivity index (χ2n) is 6.80. The van der Waals surface area contributed by atoms with Gasteiger partial charge in [0.25, 0.3) is 11.5 Å². The van der Waals surface area contributed by atoms with E-state index in [4.69, 9.17) is 4.74 Å². The van der Waals surface area contributed by atoms with Crippen molar-refractivity contribution in [1.82, 2.24) is 15.2 Å². The number of thiophene rings is 1. The van der Waals surface area contributed by atoms with Crippen molar-refractivity contribution in [2.24, 2.45) is 5.92 Å². The number of carbonyl (C=O) groups excluding carboxylic acids is 2. The Morgan fingerprint density at radius 1 is 1.29 bits per heavy atom. The number of hydrogen-bond donors (Lipinski definition) is 2. The van der Waals surface area contributed by atoms with Crippen LogP contribution in [0.4, 0.5) is 0 Å². The van der Waals surface area contributed by atoms with E-state index in [0.717, 1.165) is 11.3 Å². The Labute approximate surface area is 167 Å². The van der Waals surface area contributed by atoms with E-state index < -0.39 is 0 Å². The maximum Gasteiger partial charge on any atom is 0.261 e. The highest BCUT2D eigenvalue weighted by Crippen LogP contribution is 2.22. The predicted octanol–water partition coefficient (Wildman–Crippen LogP) is 2.11. The number of amides is 2. The molecule has 2 aromatic rings. The van der Waals surface area contributed by atoms with Crippen molar-refractivity contribution in [2.45, 2.75) is 19.3 Å². The number of methoxy groups -OCH3 is 1. The minimum absolute atomic E-state index is 0.0290. The van der Waals surface area contributed by atoms with Crippen molar-refractivity contribution in [3.63, 3.8) is 0 Å². The Kier molecular flexibility index (Phi) is 7.00. The summed E-state index contributed by atoms with van der Waals surface area (Å²) in [4.78, 5) is 42.7. The summed E-state index contributed by atoms with van der Waals surface area (Å²) in [6, 6.07) is 7.18. The molecule has 0 bridgehead atoms. The van der Waals surface area contributed by atoms with Crippen molar-refractivity contribution in [2.75, 3.05) is 33.4 Å². The van der Waals surface area contributed by atoms with Crippen molar-refractivity contribution in [3.8, 4) is 10.6 Å². The van der Waals surface area contributed by atoms with Gasteiger partial charge in [-0.2, -0.15) is 0 Å². The number of aromatic nitrogens is 1. The SMILES string of the molecule is COCCCNC(=O)C1CCN(C(=O)c2ccc(-c3cccs3)[nH]c2=O)CC1. The molecule has 0 spiro atoms. The summed E-state index contributed by atoms with van der Waals surface area (Å²) in [5.74, 6) is -0.342. The minimum Gasteiger partial charge on any atom is -0.385 e. The van der Waals surface area contributed by atoms with Crippen LogP contribution in [0.2, 0.25) is 0 Å². The normalized spacial score (nSPS) is 14.8. The molecule has 1 aliphatic heterocycles. The maximum atomic E-state index is 12.7. The Balaban J connectivity index is 1.55. The molecule has 0 radical (unpaired) electrons. The monoisotopic (exact) mass is 403 g/mol. The average molecular weight is 404 g/mol. The number of pyridine rings is 1. The average Bonchev–Trinajstić information content (AvgIpc) is 3.25. The van der Waals surface area contributed by atoms with Gasteiger partial charge in [-0.1, -0.05) is 6.07 Å². The third-order valence-corrected chi connectivity index (χ3v) is 5.81. The molecule has 2 aromatic heterocycles. The fourth-order valence-corrected chi connectivity index (χ4v) is 4.01. The van der Waals surface area contributed by atoms with E-state index in [1.807, 2.05) is 17.5 Å². The number of hydrogen-bond acceptors (Lipinski definition) is 5. The summed E-state index contributed by atoms with van der Waals surface area (Å²) in [6.45, 7) is 2.16. The number of nitrogens with one attached hydrogen (secondary N) is 2. The molecule has 2 N–H and O–H groups in total. The molecule has 8 heteroatoms. The van der Waals surface area contributed by atoms with Gasteiger partial charge >= 0.3 is 0 Å². The van der Waals surface area contributed by atoms with Gasteiger partial charge in [0.2, 0.25) is 5.91 Å². The first kappa shape index (κ1) is 20.3. The van der Waals surface area contributed by atoms with Crippen LogP contribution < -0.4 is 10.9 Å². The van der Waals surface area contributed by atoms with Crippen LogP contribution in [0.25, 0.3) is 10.6 Å². The van der Waals surface area contributed by atoms with Gasteiger partial charge in [0.15, 0.2) is 0 Å². The molecule has 3 rings (SSSR count). The van der Waals surface area contributed by atoms with E-state index in [1.165, 1.54) is 11.3 Å². The predicted molar refractivity (Wildman–Crippen MR) is 109 cm³/mol. The fraction of sp³-hybridized carbons (Fsp3) is 0.450. The second kappa shape index (κ2) is 9.66. The largest absolute Gasteiger partial charge is 0.385 e. The topological polar surface area (TPSA) is 91.5 Å². The Morgan fingerprint density at radius 3 is 2.71 bits per heavy atom. The van der Waals surface area contributed by atoms with Crippen LogP contribution in [-0.4, -0.2) is 55.0 Å². The van der Waals surface area contributed by atoms with E-state index in [9.17, 15) is 14.4 Å². The number of ether oxygens (including phenoxy) is 1. The molecule has 0 aromatic carbocycles. The van der Waals surface area contributed by atoms with Gasteiger partial charge in [-0.05, 0) is 42.8 Å². The summed E-state index contributed by atoms with van der Waals surface area (Å²) in [7, 11) is 1.63. The Hall–Kier alpha value is -2.45. The maximum absolute atomic E-state index is 12.7. The minimum atomic E-state index is -0.381. The molecule has 7 nitrogen and oxygen atoms in total. The summed E-state index contributed by atoms with van der Waals surface area (Å²) in [5, 5.41) is 4.85. The number of likely N-dealkylation sites (tertiary alicyclic amines) is 1. The number of piperidine rings is 1. The Morgan fingerprint density at radius 2 is 2.07 bits per heavy atom. The highest BCUT2D eigenvalue weighted by molar-refractivity contribution is 7.13. The standard InChI is InChI=1S/C20H25N3O4S/c1-27-12-3-9-21-18(24)14-7-10-23(11-8-14)20(26)15-5-6-16(22-19(15)25)17-4-2-13-28-17/h2,4-6,13-14H,3,7-12H2,1H3,(H,21,24)(H,22,25). The first-order valence-electron chi connectivity index (χ1n) is 9.43. The van der Waals surface area contributed by atoms with Crippen LogP contribution >= 0.6 is 11.3 Å². The number of nitrogens with zero attached hydrogens (tertiary/aromatic N) is 1. The van der Waals surface area contributed by atoms with Gasteiger partial charge in [0, 0.05) is 39.3 Å². The number of aromatic amines is 1. The fourth-order valence-electron chi connectivity index (χ4n) is 3.31. The van der Waals surface area contributed by atoms with Gasteiger partial charge in [0.05, 0.1) is 10.6 Å². The van der Waals surface area contributed by atoms with Crippen molar-refractivity contribution in [3.05, 3.63) is 45.6 Å². The van der Waals surface area contributed by atoms with E-state index in [0.29, 0.717) is 44.8 Å². The zero-order chi connectivity index (χ0) is 19.9. The van der Waals surface area contributed by atoms with Gasteiger partial charge < -0.3 is 19.9 Å². The lowest BCUT2D eigenvalue weighted by Crippen LogP contribution is -2.44. The molecule has 1 aliphatic rings. The van der Waals surface area contributed by atoms with E-state index >= 15 is 0 Å². The van der Waals surface area contributed by atoms with Gasteiger partial charge in [0.1, 0.15) is 5.56 Å². The summed E-state index contributed by atoms with van der Waals surface area (Å²) < 4.78 is 4.97. The summed E-state index contributed by atoms with van der Waals surface area (Å²) in [5.41, 5.74) is 0.470. The van der Waals surface area contributed by atoms with Crippen LogP contribution in [0.1, 0.15) is 29.6 Å². The lowest BCUT2D eigenvalue weighted by molar-refractivity contribution is -0.126. The highest BCUT2D eigenvalue weighted by Gasteiger charge is 2.28. The molecular weight excluding hydrogens is 378 g/mol. The third kappa shape index (κ3) is 4.88. The number of carbonyl (C=O) groups is 2. The van der Waals surface area contributed by atoms with Crippen molar-refractivity contribution in [1.29, 1.82) is 0 Å². The van der Waals surface area contributed by atoms with E-state index in [2.05, 4.69) is 10.3 Å². The lowest BCUT2D eigenvalue weighted by atomic mass is 9.95. The van der Waals surface area contributed by atoms with Crippen LogP contribution in [0, 0.1) is 5.92 Å². The zero-order valence-corrected chi connectivity index (χ0v) is 16.7. The number of rotatable bonds is 7. The summed E-state index contributed by atoms with van der Waals surface area (Å²) in [6.07, 6.45) is 1.99. The number of H-pyrrole nitrogens is 1. The van der Waals surface area contributed by atoms with Crippen LogP contribution in [-0.2, 0) is 9.53 Å². The molecule has 3 heterocycles. The molecule has 0 saturated carbocycles. The summed E-state index contributed by atoms with van der Waals surface area (Å²) >= 11 is 1.53. The van der Waals surface area contributed by atoms with Crippen LogP contribution in [0.3, 0.4) is 0 Å². The smallest absolute Gasteiger partial charge is 0.261 e. The van der Waals surface area contributed by atoms with Gasteiger partial charge in [-0.15, -0.1) is 11.3 Å². The molecular formula is C20H25N3O4S. The quantitative estimate of drug-likeness (QED) is 0.693. The zero-order valence-electron chi connectivity index (χ0n) is 15.9. The van der Waals surface area contributed by atoms with E-state index in [-0.39, 0.29) is 28.9 Å². The molecule has 0 aliphatic carbocycles. The highest BCUT2D eigenvalue weighted by atomic mass is 32.1. The lowest BCUT2D eigenvalue weighted by Gasteiger charge is -2.31. The third-order valence-electron chi connectivity index (χ3n) is 4.90. The Bertz CT molecular complexity index is 855. The first-order valence-corrected chi connectivity index (χ1v) is 10.3. The first-order chi connectivity index (χ1) is 13.6. The van der Waals surface area contributed by atoms with Gasteiger partial charge in [-0.3, -0.25) is 14.4 Å². The molecule has 0 atom stereocenters. The molecule has 2 amide bonds. The molecule has 1 saturated heterocycles. The van der Waals surface area contributed by atoms with Crippen LogP contribution in [0.15, 0.2) is 34.4 Å². The molecule has 28 heavy (non-hydrogen) atoms. The second-order valence-corrected chi connectivity index (χ2v) is 7.74. The van der Waals surface area contributed by atoms with Crippen molar-refractivity contribution < 1.29 is 14.3 Å². The van der Waals surface area contributed by atoms with Crippen LogP contribution in [0.5, 0.6) is 0 Å². The molecule has 1 fully saturated rings. The van der Waals surface area contributed by atoms with E-state index in [1.54, 1.807) is 24.1 Å². The van der Waals surface area contributed by atoms with Gasteiger partial charge in [-0.25, -0.2) is 0 Å².